The third kappa shape index (κ3) is 5.44. The average molecular weight is 413 g/mol. The van der Waals surface area contributed by atoms with Crippen LogP contribution in [0.15, 0.2) is 29.3 Å². The number of aliphatic imine (C=N–C) groups is 1. The maximum absolute atomic E-state index is 9.46. The molecule has 3 rings (SSSR count). The van der Waals surface area contributed by atoms with Crippen LogP contribution in [0.5, 0.6) is 0 Å². The molecule has 0 bridgehead atoms. The summed E-state index contributed by atoms with van der Waals surface area (Å²) in [5.74, 6) is 0.880. The molecule has 2 aliphatic rings. The fourth-order valence-corrected chi connectivity index (χ4v) is 4.40. The van der Waals surface area contributed by atoms with Crippen molar-refractivity contribution < 1.29 is 4.74 Å². The van der Waals surface area contributed by atoms with Crippen molar-refractivity contribution in [3.05, 3.63) is 29.8 Å². The largest absolute Gasteiger partial charge is 0.381 e. The number of hydrogen-bond donors (Lipinski definition) is 2. The van der Waals surface area contributed by atoms with Crippen molar-refractivity contribution in [2.45, 2.75) is 44.2 Å². The molecule has 2 fully saturated rings. The number of nitrogens with one attached hydrogen (secondary N) is 2. The second-order valence-electron chi connectivity index (χ2n) is 8.48. The zero-order valence-corrected chi connectivity index (χ0v) is 18.7. The molecule has 2 aliphatic heterocycles. The number of anilines is 1. The van der Waals surface area contributed by atoms with E-state index in [4.69, 9.17) is 9.73 Å². The van der Waals surface area contributed by atoms with E-state index in [0.717, 1.165) is 82.3 Å². The lowest BCUT2D eigenvalue weighted by atomic mass is 9.89. The molecule has 7 heteroatoms. The lowest BCUT2D eigenvalue weighted by Crippen LogP contribution is -2.54. The van der Waals surface area contributed by atoms with Gasteiger partial charge in [-0.1, -0.05) is 12.1 Å². The van der Waals surface area contributed by atoms with Crippen molar-refractivity contribution in [1.82, 2.24) is 15.5 Å². The van der Waals surface area contributed by atoms with Crippen LogP contribution in [0.25, 0.3) is 0 Å². The Morgan fingerprint density at radius 3 is 2.80 bits per heavy atom. The topological polar surface area (TPSA) is 75.9 Å². The molecule has 1 atom stereocenters. The second kappa shape index (κ2) is 10.6. The molecule has 1 aromatic rings. The maximum atomic E-state index is 9.46. The van der Waals surface area contributed by atoms with Gasteiger partial charge in [-0.05, 0) is 58.8 Å². The van der Waals surface area contributed by atoms with Crippen molar-refractivity contribution in [2.75, 3.05) is 58.4 Å². The molecule has 7 nitrogen and oxygen atoms in total. The number of piperidine rings is 1. The Morgan fingerprint density at radius 2 is 2.10 bits per heavy atom. The minimum atomic E-state index is 0.0605. The predicted molar refractivity (Wildman–Crippen MR) is 122 cm³/mol. The minimum absolute atomic E-state index is 0.0605. The molecule has 1 aromatic carbocycles. The number of nitrogens with zero attached hydrogens (tertiary/aromatic N) is 4. The van der Waals surface area contributed by atoms with Crippen LogP contribution in [0.4, 0.5) is 5.69 Å². The molecule has 2 saturated heterocycles. The van der Waals surface area contributed by atoms with Gasteiger partial charge in [-0.25, -0.2) is 0 Å². The first kappa shape index (κ1) is 22.4. The van der Waals surface area contributed by atoms with E-state index in [1.54, 1.807) is 0 Å². The second-order valence-corrected chi connectivity index (χ2v) is 8.48. The maximum Gasteiger partial charge on any atom is 0.191 e. The van der Waals surface area contributed by atoms with E-state index in [0.29, 0.717) is 6.04 Å². The Hall–Kier alpha value is -2.30. The fourth-order valence-electron chi connectivity index (χ4n) is 4.40. The van der Waals surface area contributed by atoms with Gasteiger partial charge in [-0.2, -0.15) is 5.26 Å². The number of nitriles is 1. The van der Waals surface area contributed by atoms with Crippen LogP contribution in [0.3, 0.4) is 0 Å². The van der Waals surface area contributed by atoms with Gasteiger partial charge in [0.15, 0.2) is 5.96 Å². The molecule has 0 radical (unpaired) electrons. The summed E-state index contributed by atoms with van der Waals surface area (Å²) < 4.78 is 5.59. The van der Waals surface area contributed by atoms with Gasteiger partial charge in [0.25, 0.3) is 0 Å². The summed E-state index contributed by atoms with van der Waals surface area (Å²) in [4.78, 5) is 9.61. The van der Waals surface area contributed by atoms with E-state index in [2.05, 4.69) is 47.5 Å². The van der Waals surface area contributed by atoms with E-state index in [9.17, 15) is 5.26 Å². The highest BCUT2D eigenvalue weighted by Gasteiger charge is 2.34. The minimum Gasteiger partial charge on any atom is -0.381 e. The number of hydrogen-bond acceptors (Lipinski definition) is 5. The quantitative estimate of drug-likeness (QED) is 0.551. The molecular weight excluding hydrogens is 376 g/mol. The summed E-state index contributed by atoms with van der Waals surface area (Å²) in [6, 6.07) is 10.5. The lowest BCUT2D eigenvalue weighted by Gasteiger charge is -2.42. The van der Waals surface area contributed by atoms with Crippen molar-refractivity contribution in [1.29, 1.82) is 5.26 Å². The molecule has 0 aromatic heterocycles. The van der Waals surface area contributed by atoms with Crippen LogP contribution in [-0.2, 0) is 4.74 Å². The summed E-state index contributed by atoms with van der Waals surface area (Å²) in [6.45, 7) is 7.14. The first-order valence-corrected chi connectivity index (χ1v) is 11.1. The Kier molecular flexibility index (Phi) is 7.94. The third-order valence-electron chi connectivity index (χ3n) is 6.38. The SMILES string of the molecule is CCNC(=NCC1(N(C)C)CCOCC1)NC1CCCN(c2ccccc2C#N)C1. The Bertz CT molecular complexity index is 750. The number of ether oxygens (including phenoxy) is 1. The van der Waals surface area contributed by atoms with Gasteiger partial charge >= 0.3 is 0 Å². The Morgan fingerprint density at radius 1 is 1.33 bits per heavy atom. The van der Waals surface area contributed by atoms with Gasteiger partial charge in [-0.15, -0.1) is 0 Å². The average Bonchev–Trinajstić information content (AvgIpc) is 2.78. The number of rotatable bonds is 6. The first-order chi connectivity index (χ1) is 14.6. The van der Waals surface area contributed by atoms with Crippen molar-refractivity contribution in [3.8, 4) is 6.07 Å². The zero-order chi connectivity index (χ0) is 21.4. The molecule has 2 heterocycles. The molecule has 2 N–H and O–H groups in total. The van der Waals surface area contributed by atoms with Gasteiger partial charge in [-0.3, -0.25) is 4.99 Å². The van der Waals surface area contributed by atoms with E-state index < -0.39 is 0 Å². The van der Waals surface area contributed by atoms with Gasteiger partial charge in [0.2, 0.25) is 0 Å². The van der Waals surface area contributed by atoms with Crippen molar-refractivity contribution in [2.24, 2.45) is 4.99 Å². The summed E-state index contributed by atoms with van der Waals surface area (Å²) >= 11 is 0. The zero-order valence-electron chi connectivity index (χ0n) is 18.7. The van der Waals surface area contributed by atoms with Gasteiger partial charge in [0.05, 0.1) is 17.8 Å². The van der Waals surface area contributed by atoms with Crippen molar-refractivity contribution >= 4 is 11.6 Å². The molecule has 164 valence electrons. The monoisotopic (exact) mass is 412 g/mol. The van der Waals surface area contributed by atoms with Gasteiger partial charge in [0.1, 0.15) is 6.07 Å². The van der Waals surface area contributed by atoms with E-state index in [1.807, 2.05) is 24.3 Å². The highest BCUT2D eigenvalue weighted by Crippen LogP contribution is 2.26. The number of guanidine groups is 1. The highest BCUT2D eigenvalue weighted by molar-refractivity contribution is 5.80. The van der Waals surface area contributed by atoms with E-state index in [1.165, 1.54) is 0 Å². The van der Waals surface area contributed by atoms with Gasteiger partial charge in [0, 0.05) is 44.4 Å². The Balaban J connectivity index is 1.68. The molecular formula is C23H36N6O. The predicted octanol–water partition coefficient (Wildman–Crippen LogP) is 2.19. The highest BCUT2D eigenvalue weighted by atomic mass is 16.5. The fraction of sp³-hybridized carbons (Fsp3) is 0.652. The Labute approximate surface area is 181 Å². The molecule has 0 saturated carbocycles. The summed E-state index contributed by atoms with van der Waals surface area (Å²) in [5, 5.41) is 16.5. The smallest absolute Gasteiger partial charge is 0.191 e. The number of likely N-dealkylation sites (N-methyl/N-ethyl adjacent to an activating group) is 1. The third-order valence-corrected chi connectivity index (χ3v) is 6.38. The van der Waals surface area contributed by atoms with Crippen molar-refractivity contribution in [3.63, 3.8) is 0 Å². The molecule has 30 heavy (non-hydrogen) atoms. The molecule has 0 amide bonds. The van der Waals surface area contributed by atoms with E-state index in [-0.39, 0.29) is 5.54 Å². The van der Waals surface area contributed by atoms with Gasteiger partial charge < -0.3 is 25.2 Å². The van der Waals surface area contributed by atoms with Crippen LogP contribution in [0.2, 0.25) is 0 Å². The number of para-hydroxylation sites is 1. The van der Waals surface area contributed by atoms with Crippen LogP contribution < -0.4 is 15.5 Å². The number of benzene rings is 1. The first-order valence-electron chi connectivity index (χ1n) is 11.1. The van der Waals surface area contributed by atoms with Crippen LogP contribution in [-0.4, -0.2) is 75.9 Å². The normalized spacial score (nSPS) is 21.9. The molecule has 0 aliphatic carbocycles. The van der Waals surface area contributed by atoms with Crippen LogP contribution >= 0.6 is 0 Å². The molecule has 0 spiro atoms. The lowest BCUT2D eigenvalue weighted by molar-refractivity contribution is -0.00255. The molecule has 1 unspecified atom stereocenters. The van der Waals surface area contributed by atoms with E-state index >= 15 is 0 Å². The summed E-state index contributed by atoms with van der Waals surface area (Å²) in [6.07, 6.45) is 4.20. The standard InChI is InChI=1S/C23H36N6O/c1-4-25-22(26-18-23(28(2)3)11-14-30-15-12-23)27-20-9-7-13-29(17-20)21-10-6-5-8-19(21)16-24/h5-6,8,10,20H,4,7,9,11-15,17-18H2,1-3H3,(H2,25,26,27). The summed E-state index contributed by atoms with van der Waals surface area (Å²) in [5.41, 5.74) is 1.83. The van der Waals surface area contributed by atoms with Crippen LogP contribution in [0, 0.1) is 11.3 Å². The summed E-state index contributed by atoms with van der Waals surface area (Å²) in [7, 11) is 4.29. The van der Waals surface area contributed by atoms with Crippen LogP contribution in [0.1, 0.15) is 38.2 Å².